The summed E-state index contributed by atoms with van der Waals surface area (Å²) < 4.78 is 0. The molecule has 2 aromatic carbocycles. The van der Waals surface area contributed by atoms with Gasteiger partial charge in [0, 0.05) is 43.4 Å². The number of pyridine rings is 1. The van der Waals surface area contributed by atoms with E-state index in [-0.39, 0.29) is 0 Å². The van der Waals surface area contributed by atoms with Crippen molar-refractivity contribution in [2.75, 3.05) is 36.0 Å². The number of aromatic carboxylic acids is 1. The van der Waals surface area contributed by atoms with Gasteiger partial charge in [-0.15, -0.1) is 0 Å². The van der Waals surface area contributed by atoms with Gasteiger partial charge in [0.25, 0.3) is 0 Å². The second-order valence-electron chi connectivity index (χ2n) is 7.43. The highest BCUT2D eigenvalue weighted by Gasteiger charge is 2.22. The van der Waals surface area contributed by atoms with Crippen LogP contribution in [0.5, 0.6) is 0 Å². The number of piperazine rings is 1. The average molecular weight is 411 g/mol. The van der Waals surface area contributed by atoms with E-state index in [0.29, 0.717) is 11.4 Å². The zero-order valence-corrected chi connectivity index (χ0v) is 16.8. The van der Waals surface area contributed by atoms with Crippen LogP contribution in [0, 0.1) is 0 Å². The van der Waals surface area contributed by atoms with Crippen LogP contribution in [0.2, 0.25) is 0 Å². The summed E-state index contributed by atoms with van der Waals surface area (Å²) in [4.78, 5) is 29.7. The third-order valence-electron chi connectivity index (χ3n) is 5.54. The molecule has 0 aliphatic carbocycles. The zero-order valence-electron chi connectivity index (χ0n) is 16.8. The summed E-state index contributed by atoms with van der Waals surface area (Å²) in [5.41, 5.74) is 3.00. The van der Waals surface area contributed by atoms with Crippen molar-refractivity contribution in [1.82, 2.24) is 15.0 Å². The summed E-state index contributed by atoms with van der Waals surface area (Å²) in [6.45, 7) is 3.26. The Morgan fingerprint density at radius 3 is 2.23 bits per heavy atom. The normalized spacial score (nSPS) is 14.1. The molecule has 1 fully saturated rings. The van der Waals surface area contributed by atoms with E-state index >= 15 is 0 Å². The van der Waals surface area contributed by atoms with Crippen molar-refractivity contribution in [2.24, 2.45) is 0 Å². The first kappa shape index (κ1) is 19.0. The summed E-state index contributed by atoms with van der Waals surface area (Å²) in [6.07, 6.45) is 1.75. The molecule has 0 saturated carbocycles. The highest BCUT2D eigenvalue weighted by Crippen LogP contribution is 2.28. The molecule has 7 heteroatoms. The first-order valence-electron chi connectivity index (χ1n) is 10.2. The van der Waals surface area contributed by atoms with E-state index in [1.54, 1.807) is 18.3 Å². The number of fused-ring (bicyclic) bond motifs is 1. The molecule has 0 amide bonds. The molecule has 3 heterocycles. The molecule has 1 saturated heterocycles. The van der Waals surface area contributed by atoms with Gasteiger partial charge < -0.3 is 14.9 Å². The minimum absolute atomic E-state index is 0.303. The van der Waals surface area contributed by atoms with Gasteiger partial charge in [-0.1, -0.05) is 18.2 Å². The monoisotopic (exact) mass is 411 g/mol. The molecule has 0 bridgehead atoms. The molecule has 0 spiro atoms. The van der Waals surface area contributed by atoms with E-state index in [1.807, 2.05) is 48.5 Å². The number of carboxylic acid groups (broad SMARTS) is 1. The molecular weight excluding hydrogens is 390 g/mol. The maximum absolute atomic E-state index is 11.1. The van der Waals surface area contributed by atoms with Crippen molar-refractivity contribution < 1.29 is 9.90 Å². The molecule has 7 nitrogen and oxygen atoms in total. The topological polar surface area (TPSA) is 82.5 Å². The zero-order chi connectivity index (χ0) is 21.2. The molecule has 1 aliphatic rings. The number of aromatic nitrogens is 3. The molecular formula is C24H21N5O2. The van der Waals surface area contributed by atoms with Crippen LogP contribution in [0.15, 0.2) is 72.9 Å². The summed E-state index contributed by atoms with van der Waals surface area (Å²) in [5, 5.41) is 10.1. The molecule has 4 aromatic rings. The predicted molar refractivity (Wildman–Crippen MR) is 121 cm³/mol. The lowest BCUT2D eigenvalue weighted by Gasteiger charge is -2.37. The fourth-order valence-corrected chi connectivity index (χ4v) is 3.90. The van der Waals surface area contributed by atoms with Crippen LogP contribution in [0.25, 0.3) is 22.4 Å². The number of anilines is 2. The number of rotatable bonds is 4. The highest BCUT2D eigenvalue weighted by molar-refractivity contribution is 5.91. The van der Waals surface area contributed by atoms with Crippen molar-refractivity contribution in [3.05, 3.63) is 78.5 Å². The lowest BCUT2D eigenvalue weighted by Crippen LogP contribution is -2.47. The van der Waals surface area contributed by atoms with E-state index in [9.17, 15) is 4.79 Å². The molecule has 1 aliphatic heterocycles. The van der Waals surface area contributed by atoms with Crippen molar-refractivity contribution in [1.29, 1.82) is 0 Å². The molecule has 1 N–H and O–H groups in total. The first-order chi connectivity index (χ1) is 15.2. The third kappa shape index (κ3) is 3.77. The summed E-state index contributed by atoms with van der Waals surface area (Å²) >= 11 is 0. The Kier molecular flexibility index (Phi) is 4.92. The average Bonchev–Trinajstić information content (AvgIpc) is 2.84. The van der Waals surface area contributed by atoms with Crippen LogP contribution in [0.4, 0.5) is 11.5 Å². The molecule has 0 atom stereocenters. The lowest BCUT2D eigenvalue weighted by molar-refractivity contribution is 0.0697. The summed E-state index contributed by atoms with van der Waals surface area (Å²) in [6, 6.07) is 20.9. The maximum Gasteiger partial charge on any atom is 0.335 e. The van der Waals surface area contributed by atoms with E-state index in [2.05, 4.69) is 20.9 Å². The molecule has 154 valence electrons. The fraction of sp³-hybridized carbons (Fsp3) is 0.167. The van der Waals surface area contributed by atoms with Gasteiger partial charge in [0.1, 0.15) is 11.5 Å². The maximum atomic E-state index is 11.1. The Morgan fingerprint density at radius 2 is 1.52 bits per heavy atom. The Bertz CT molecular complexity index is 1220. The van der Waals surface area contributed by atoms with Gasteiger partial charge in [0.2, 0.25) is 0 Å². The van der Waals surface area contributed by atoms with Crippen LogP contribution in [-0.2, 0) is 0 Å². The first-order valence-corrected chi connectivity index (χ1v) is 10.2. The van der Waals surface area contributed by atoms with Gasteiger partial charge in [0.05, 0.1) is 11.1 Å². The van der Waals surface area contributed by atoms with Gasteiger partial charge in [0.15, 0.2) is 5.82 Å². The SMILES string of the molecule is O=C(O)c1ccc(N2CCN(c3nc(-c4ccccn4)nc4ccccc34)CC2)cc1. The van der Waals surface area contributed by atoms with Crippen molar-refractivity contribution in [2.45, 2.75) is 0 Å². The van der Waals surface area contributed by atoms with Crippen LogP contribution in [-0.4, -0.2) is 52.2 Å². The van der Waals surface area contributed by atoms with Gasteiger partial charge in [-0.3, -0.25) is 4.98 Å². The number of benzene rings is 2. The van der Waals surface area contributed by atoms with Gasteiger partial charge in [-0.25, -0.2) is 14.8 Å². The minimum Gasteiger partial charge on any atom is -0.478 e. The second kappa shape index (κ2) is 8.02. The number of hydrogen-bond donors (Lipinski definition) is 1. The molecule has 2 aromatic heterocycles. The smallest absolute Gasteiger partial charge is 0.335 e. The number of carboxylic acids is 1. The predicted octanol–water partition coefficient (Wildman–Crippen LogP) is 3.72. The van der Waals surface area contributed by atoms with E-state index in [1.165, 1.54) is 0 Å². The van der Waals surface area contributed by atoms with Crippen LogP contribution >= 0.6 is 0 Å². The number of para-hydroxylation sites is 1. The van der Waals surface area contributed by atoms with Crippen LogP contribution in [0.3, 0.4) is 0 Å². The Labute approximate surface area is 179 Å². The van der Waals surface area contributed by atoms with E-state index in [4.69, 9.17) is 15.1 Å². The largest absolute Gasteiger partial charge is 0.478 e. The van der Waals surface area contributed by atoms with Gasteiger partial charge >= 0.3 is 5.97 Å². The summed E-state index contributed by atoms with van der Waals surface area (Å²) in [7, 11) is 0. The Hall–Kier alpha value is -4.00. The molecule has 0 radical (unpaired) electrons. The van der Waals surface area contributed by atoms with Crippen LogP contribution < -0.4 is 9.80 Å². The van der Waals surface area contributed by atoms with Crippen molar-refractivity contribution >= 4 is 28.4 Å². The standard InChI is InChI=1S/C24H21N5O2/c30-24(31)17-8-10-18(11-9-17)28-13-15-29(16-14-28)23-19-5-1-2-6-20(19)26-22(27-23)21-7-3-4-12-25-21/h1-12H,13-16H2,(H,30,31). The quantitative estimate of drug-likeness (QED) is 0.548. The number of hydrogen-bond acceptors (Lipinski definition) is 6. The van der Waals surface area contributed by atoms with Gasteiger partial charge in [-0.2, -0.15) is 0 Å². The molecule has 31 heavy (non-hydrogen) atoms. The number of carbonyl (C=O) groups is 1. The minimum atomic E-state index is -0.907. The summed E-state index contributed by atoms with van der Waals surface area (Å²) in [5.74, 6) is 0.642. The Morgan fingerprint density at radius 1 is 0.806 bits per heavy atom. The second-order valence-corrected chi connectivity index (χ2v) is 7.43. The van der Waals surface area contributed by atoms with Gasteiger partial charge in [-0.05, 0) is 48.5 Å². The van der Waals surface area contributed by atoms with Crippen molar-refractivity contribution in [3.63, 3.8) is 0 Å². The number of nitrogens with zero attached hydrogens (tertiary/aromatic N) is 5. The van der Waals surface area contributed by atoms with E-state index in [0.717, 1.165) is 54.3 Å². The fourth-order valence-electron chi connectivity index (χ4n) is 3.90. The third-order valence-corrected chi connectivity index (χ3v) is 5.54. The lowest BCUT2D eigenvalue weighted by atomic mass is 10.1. The highest BCUT2D eigenvalue weighted by atomic mass is 16.4. The van der Waals surface area contributed by atoms with Crippen molar-refractivity contribution in [3.8, 4) is 11.5 Å². The Balaban J connectivity index is 1.42. The van der Waals surface area contributed by atoms with E-state index < -0.39 is 5.97 Å². The van der Waals surface area contributed by atoms with Crippen LogP contribution in [0.1, 0.15) is 10.4 Å². The molecule has 5 rings (SSSR count). The molecule has 0 unspecified atom stereocenters.